The van der Waals surface area contributed by atoms with Gasteiger partial charge in [0.05, 0.1) is 29.8 Å². The second-order valence-electron chi connectivity index (χ2n) is 4.88. The van der Waals surface area contributed by atoms with Gasteiger partial charge in [-0.3, -0.25) is 19.9 Å². The van der Waals surface area contributed by atoms with Crippen LogP contribution in [0.1, 0.15) is 21.7 Å². The Morgan fingerprint density at radius 2 is 1.95 bits per heavy atom. The number of carbonyl (C=O) groups excluding carboxylic acids is 1. The first-order valence-corrected chi connectivity index (χ1v) is 6.88. The number of hydrogen-bond donors (Lipinski definition) is 2. The van der Waals surface area contributed by atoms with Crippen LogP contribution in [-0.2, 0) is 6.54 Å². The number of aromatic amines is 1. The number of aromatic nitrogens is 4. The molecule has 0 unspecified atom stereocenters. The Hall–Kier alpha value is -3.02. The molecule has 0 bridgehead atoms. The van der Waals surface area contributed by atoms with Gasteiger partial charge in [0.15, 0.2) is 0 Å². The predicted octanol–water partition coefficient (Wildman–Crippen LogP) is 2.11. The molecule has 22 heavy (non-hydrogen) atoms. The molecule has 3 rings (SSSR count). The Bertz CT molecular complexity index is 748. The topological polar surface area (TPSA) is 83.6 Å². The largest absolute Gasteiger partial charge is 0.346 e. The lowest BCUT2D eigenvalue weighted by molar-refractivity contribution is 0.0950. The summed E-state index contributed by atoms with van der Waals surface area (Å²) in [6.45, 7) is 2.23. The SMILES string of the molecule is Cc1cnc(CNC(=O)c2ccc(-c3ccn[nH]3)cc2)cn1. The first-order valence-electron chi connectivity index (χ1n) is 6.88. The molecule has 2 heterocycles. The first-order chi connectivity index (χ1) is 10.7. The third-order valence-electron chi connectivity index (χ3n) is 3.22. The highest BCUT2D eigenvalue weighted by molar-refractivity contribution is 5.94. The van der Waals surface area contributed by atoms with Crippen LogP contribution in [0.25, 0.3) is 11.3 Å². The molecule has 2 aromatic heterocycles. The van der Waals surface area contributed by atoms with E-state index in [4.69, 9.17) is 0 Å². The summed E-state index contributed by atoms with van der Waals surface area (Å²) < 4.78 is 0. The second kappa shape index (κ2) is 6.17. The lowest BCUT2D eigenvalue weighted by Gasteiger charge is -2.05. The molecule has 0 fully saturated rings. The summed E-state index contributed by atoms with van der Waals surface area (Å²) in [5, 5.41) is 9.62. The molecule has 0 saturated carbocycles. The van der Waals surface area contributed by atoms with Crippen LogP contribution in [0.3, 0.4) is 0 Å². The molecule has 0 radical (unpaired) electrons. The van der Waals surface area contributed by atoms with Gasteiger partial charge in [0.25, 0.3) is 5.91 Å². The van der Waals surface area contributed by atoms with E-state index in [1.54, 1.807) is 30.7 Å². The third-order valence-corrected chi connectivity index (χ3v) is 3.22. The van der Waals surface area contributed by atoms with Crippen molar-refractivity contribution in [2.45, 2.75) is 13.5 Å². The molecular weight excluding hydrogens is 278 g/mol. The van der Waals surface area contributed by atoms with Crippen molar-refractivity contribution in [3.8, 4) is 11.3 Å². The highest BCUT2D eigenvalue weighted by atomic mass is 16.1. The van der Waals surface area contributed by atoms with E-state index in [0.717, 1.165) is 22.6 Å². The minimum atomic E-state index is -0.140. The summed E-state index contributed by atoms with van der Waals surface area (Å²) >= 11 is 0. The number of aryl methyl sites for hydroxylation is 1. The van der Waals surface area contributed by atoms with Crippen molar-refractivity contribution in [3.05, 3.63) is 65.9 Å². The molecule has 0 spiro atoms. The average molecular weight is 293 g/mol. The van der Waals surface area contributed by atoms with Crippen molar-refractivity contribution in [3.63, 3.8) is 0 Å². The zero-order chi connectivity index (χ0) is 15.4. The van der Waals surface area contributed by atoms with Crippen molar-refractivity contribution >= 4 is 5.91 Å². The molecule has 1 amide bonds. The van der Waals surface area contributed by atoms with Gasteiger partial charge in [-0.25, -0.2) is 0 Å². The summed E-state index contributed by atoms with van der Waals surface area (Å²) in [4.78, 5) is 20.5. The lowest BCUT2D eigenvalue weighted by atomic mass is 10.1. The predicted molar refractivity (Wildman–Crippen MR) is 82.0 cm³/mol. The zero-order valence-electron chi connectivity index (χ0n) is 12.1. The van der Waals surface area contributed by atoms with Crippen molar-refractivity contribution in [2.75, 3.05) is 0 Å². The first kappa shape index (κ1) is 13.9. The van der Waals surface area contributed by atoms with E-state index >= 15 is 0 Å². The Morgan fingerprint density at radius 1 is 1.14 bits per heavy atom. The van der Waals surface area contributed by atoms with Crippen LogP contribution >= 0.6 is 0 Å². The van der Waals surface area contributed by atoms with E-state index in [2.05, 4.69) is 25.5 Å². The van der Waals surface area contributed by atoms with Gasteiger partial charge in [-0.1, -0.05) is 12.1 Å². The smallest absolute Gasteiger partial charge is 0.251 e. The Labute approximate surface area is 127 Å². The van der Waals surface area contributed by atoms with Gasteiger partial charge in [0.2, 0.25) is 0 Å². The molecule has 6 heteroatoms. The lowest BCUT2D eigenvalue weighted by Crippen LogP contribution is -2.23. The van der Waals surface area contributed by atoms with Gasteiger partial charge in [-0.15, -0.1) is 0 Å². The molecule has 0 aliphatic rings. The number of H-pyrrole nitrogens is 1. The fraction of sp³-hybridized carbons (Fsp3) is 0.125. The summed E-state index contributed by atoms with van der Waals surface area (Å²) in [7, 11) is 0. The van der Waals surface area contributed by atoms with Gasteiger partial charge in [-0.05, 0) is 30.7 Å². The maximum atomic E-state index is 12.1. The van der Waals surface area contributed by atoms with Crippen LogP contribution in [0.15, 0.2) is 48.9 Å². The quantitative estimate of drug-likeness (QED) is 0.771. The van der Waals surface area contributed by atoms with Crippen LogP contribution in [0.4, 0.5) is 0 Å². The normalized spacial score (nSPS) is 10.4. The number of amides is 1. The number of hydrogen-bond acceptors (Lipinski definition) is 4. The van der Waals surface area contributed by atoms with Crippen LogP contribution in [0.2, 0.25) is 0 Å². The van der Waals surface area contributed by atoms with Gasteiger partial charge in [0.1, 0.15) is 0 Å². The summed E-state index contributed by atoms with van der Waals surface area (Å²) in [6.07, 6.45) is 5.04. The number of nitrogens with one attached hydrogen (secondary N) is 2. The van der Waals surface area contributed by atoms with E-state index in [-0.39, 0.29) is 5.91 Å². The summed E-state index contributed by atoms with van der Waals surface area (Å²) in [5.41, 5.74) is 4.08. The fourth-order valence-corrected chi connectivity index (χ4v) is 2.00. The molecular formula is C16H15N5O. The van der Waals surface area contributed by atoms with Crippen LogP contribution in [0.5, 0.6) is 0 Å². The monoisotopic (exact) mass is 293 g/mol. The van der Waals surface area contributed by atoms with E-state index < -0.39 is 0 Å². The second-order valence-corrected chi connectivity index (χ2v) is 4.88. The molecule has 110 valence electrons. The van der Waals surface area contributed by atoms with Gasteiger partial charge in [-0.2, -0.15) is 5.10 Å². The van der Waals surface area contributed by atoms with Gasteiger partial charge in [0, 0.05) is 18.0 Å². The van der Waals surface area contributed by atoms with E-state index in [1.165, 1.54) is 0 Å². The molecule has 0 aliphatic heterocycles. The number of nitrogens with zero attached hydrogens (tertiary/aromatic N) is 3. The minimum Gasteiger partial charge on any atom is -0.346 e. The van der Waals surface area contributed by atoms with Crippen molar-refractivity contribution in [2.24, 2.45) is 0 Å². The average Bonchev–Trinajstić information content (AvgIpc) is 3.09. The third kappa shape index (κ3) is 3.17. The number of benzene rings is 1. The summed E-state index contributed by atoms with van der Waals surface area (Å²) in [6, 6.07) is 9.21. The van der Waals surface area contributed by atoms with Crippen molar-refractivity contribution in [1.29, 1.82) is 0 Å². The highest BCUT2D eigenvalue weighted by Gasteiger charge is 2.07. The standard InChI is InChI=1S/C16H15N5O/c1-11-8-18-14(9-17-11)10-19-16(22)13-4-2-12(3-5-13)15-6-7-20-21-15/h2-9H,10H2,1H3,(H,19,22)(H,20,21). The minimum absolute atomic E-state index is 0.140. The Balaban J connectivity index is 1.63. The Morgan fingerprint density at radius 3 is 2.59 bits per heavy atom. The summed E-state index contributed by atoms with van der Waals surface area (Å²) in [5.74, 6) is -0.140. The fourth-order valence-electron chi connectivity index (χ4n) is 2.00. The maximum absolute atomic E-state index is 12.1. The van der Waals surface area contributed by atoms with Crippen LogP contribution < -0.4 is 5.32 Å². The zero-order valence-corrected chi connectivity index (χ0v) is 12.1. The highest BCUT2D eigenvalue weighted by Crippen LogP contribution is 2.16. The maximum Gasteiger partial charge on any atom is 0.251 e. The van der Waals surface area contributed by atoms with Crippen LogP contribution in [0, 0.1) is 6.92 Å². The van der Waals surface area contributed by atoms with Crippen molar-refractivity contribution < 1.29 is 4.79 Å². The van der Waals surface area contributed by atoms with E-state index in [1.807, 2.05) is 25.1 Å². The molecule has 0 aliphatic carbocycles. The van der Waals surface area contributed by atoms with Crippen molar-refractivity contribution in [1.82, 2.24) is 25.5 Å². The van der Waals surface area contributed by atoms with Gasteiger partial charge < -0.3 is 5.32 Å². The molecule has 6 nitrogen and oxygen atoms in total. The Kier molecular flexibility index (Phi) is 3.91. The molecule has 2 N–H and O–H groups in total. The molecule has 1 aromatic carbocycles. The molecule has 0 saturated heterocycles. The van der Waals surface area contributed by atoms with Crippen LogP contribution in [-0.4, -0.2) is 26.1 Å². The van der Waals surface area contributed by atoms with Gasteiger partial charge >= 0.3 is 0 Å². The van der Waals surface area contributed by atoms with E-state index in [0.29, 0.717) is 12.1 Å². The number of carbonyl (C=O) groups is 1. The molecule has 0 atom stereocenters. The van der Waals surface area contributed by atoms with E-state index in [9.17, 15) is 4.79 Å². The number of rotatable bonds is 4. The molecule has 3 aromatic rings.